The topological polar surface area (TPSA) is 242 Å². The lowest BCUT2D eigenvalue weighted by Gasteiger charge is -2.32. The molecule has 1 unspecified atom stereocenters. The average Bonchev–Trinajstić information content (AvgIpc) is 4.22. The maximum absolute atomic E-state index is 14.8. The molecule has 0 spiro atoms. The van der Waals surface area contributed by atoms with Gasteiger partial charge in [0.25, 0.3) is 0 Å². The van der Waals surface area contributed by atoms with E-state index in [-0.39, 0.29) is 61.6 Å². The molecule has 22 heteroatoms. The standard InChI is InChI=1S/C50H66N14O6.2ClH/c1-29(51-3)45(65)55-39(49(69)61-23-11-21-41(61)47(67)53-35-19-9-15-31-13-5-7-17-33(31)35)27-37-43-44-38(58-60-64(44)26-25-63(43)59-57-37)28-40(56-46(66)30(2)52-4)50(70)62-24-12-22-42(62)48(68)54-36-20-10-16-32-14-6-8-18-34(32)36;;/h5-8,13-14,17-18,29-30,35-36,39-42,51-52H,9-12,15-16,19-28H2,1-4H3,(H,53,67)(H,54,68)(H,55,65)(H,56,66);2*1H/t29-,30-,35+,36+,39-,40?,41-,42-;;/m0../s1. The molecule has 9 rings (SSSR count). The monoisotopic (exact) mass is 1030 g/mol. The van der Waals surface area contributed by atoms with E-state index in [4.69, 9.17) is 0 Å². The number of fused-ring (bicyclic) bond motifs is 5. The van der Waals surface area contributed by atoms with Gasteiger partial charge in [-0.15, -0.1) is 35.0 Å². The molecule has 6 amide bonds. The predicted octanol–water partition coefficient (Wildman–Crippen LogP) is 2.03. The molecule has 5 heterocycles. The quantitative estimate of drug-likeness (QED) is 0.0946. The van der Waals surface area contributed by atoms with Gasteiger partial charge in [-0.05, 0) is 114 Å². The number of benzene rings is 2. The molecule has 2 aliphatic carbocycles. The lowest BCUT2D eigenvalue weighted by molar-refractivity contribution is -0.141. The van der Waals surface area contributed by atoms with Crippen molar-refractivity contribution in [2.45, 2.75) is 152 Å². The van der Waals surface area contributed by atoms with Crippen molar-refractivity contribution in [3.8, 4) is 11.4 Å². The molecule has 2 aromatic heterocycles. The maximum Gasteiger partial charge on any atom is 0.246 e. The number of aryl methyl sites for hydroxylation is 4. The lowest BCUT2D eigenvalue weighted by atomic mass is 9.87. The van der Waals surface area contributed by atoms with Gasteiger partial charge < -0.3 is 41.7 Å². The highest BCUT2D eigenvalue weighted by molar-refractivity contribution is 5.95. The molecule has 2 saturated heterocycles. The van der Waals surface area contributed by atoms with Gasteiger partial charge in [0.05, 0.1) is 48.6 Å². The zero-order valence-electron chi connectivity index (χ0n) is 41.4. The van der Waals surface area contributed by atoms with Gasteiger partial charge >= 0.3 is 0 Å². The minimum absolute atomic E-state index is 0. The second-order valence-electron chi connectivity index (χ2n) is 19.5. The van der Waals surface area contributed by atoms with E-state index in [1.807, 2.05) is 24.3 Å². The van der Waals surface area contributed by atoms with Crippen LogP contribution in [0.25, 0.3) is 11.4 Å². The number of likely N-dealkylation sites (N-methyl/N-ethyl adjacent to an activating group) is 2. The van der Waals surface area contributed by atoms with Crippen LogP contribution in [-0.4, -0.2) is 139 Å². The SMILES string of the molecule is CN[C@@H](C)C(=O)NC(Cc1nnn2c1-c1c(C[C@H](NC(=O)[C@H](C)NC)C(=O)N3CCC[C@H]3C(=O)N[C@@H]3CCCc4ccccc43)nnn1CC2)C(=O)N1CCC[C@H]1C(=O)N[C@@H]1CCCc2ccccc21.Cl.Cl. The van der Waals surface area contributed by atoms with Crippen LogP contribution in [0.1, 0.15) is 111 Å². The Morgan fingerprint density at radius 2 is 0.972 bits per heavy atom. The van der Waals surface area contributed by atoms with Gasteiger partial charge in [-0.25, -0.2) is 9.36 Å². The van der Waals surface area contributed by atoms with Crippen LogP contribution in [0.5, 0.6) is 0 Å². The summed E-state index contributed by atoms with van der Waals surface area (Å²) in [5.41, 5.74) is 6.43. The van der Waals surface area contributed by atoms with Crippen LogP contribution in [-0.2, 0) is 67.5 Å². The summed E-state index contributed by atoms with van der Waals surface area (Å²) >= 11 is 0. The first kappa shape index (κ1) is 53.8. The summed E-state index contributed by atoms with van der Waals surface area (Å²) in [5.74, 6) is -2.08. The number of hydrogen-bond acceptors (Lipinski definition) is 12. The van der Waals surface area contributed by atoms with Crippen molar-refractivity contribution in [2.24, 2.45) is 0 Å². The summed E-state index contributed by atoms with van der Waals surface area (Å²) < 4.78 is 3.40. The summed E-state index contributed by atoms with van der Waals surface area (Å²) in [7, 11) is 3.32. The van der Waals surface area contributed by atoms with Crippen molar-refractivity contribution in [2.75, 3.05) is 27.2 Å². The van der Waals surface area contributed by atoms with E-state index in [2.05, 4.69) is 76.8 Å². The number of nitrogens with one attached hydrogen (secondary N) is 6. The van der Waals surface area contributed by atoms with Gasteiger partial charge in [-0.2, -0.15) is 0 Å². The van der Waals surface area contributed by atoms with Gasteiger partial charge in [0.2, 0.25) is 35.4 Å². The number of aromatic nitrogens is 6. The van der Waals surface area contributed by atoms with Crippen molar-refractivity contribution in [1.29, 1.82) is 0 Å². The van der Waals surface area contributed by atoms with Crippen molar-refractivity contribution < 1.29 is 28.8 Å². The number of halogens is 2. The van der Waals surface area contributed by atoms with Gasteiger partial charge in [-0.1, -0.05) is 59.0 Å². The third-order valence-electron chi connectivity index (χ3n) is 15.1. The van der Waals surface area contributed by atoms with E-state index in [9.17, 15) is 28.8 Å². The number of nitrogens with zero attached hydrogens (tertiary/aromatic N) is 8. The van der Waals surface area contributed by atoms with Crippen LogP contribution in [0.2, 0.25) is 0 Å². The van der Waals surface area contributed by atoms with Gasteiger partial charge in [0.15, 0.2) is 0 Å². The Morgan fingerprint density at radius 1 is 0.569 bits per heavy atom. The summed E-state index contributed by atoms with van der Waals surface area (Å²) in [4.78, 5) is 88.2. The molecular weight excluding hydrogens is 964 g/mol. The van der Waals surface area contributed by atoms with Crippen LogP contribution in [0.15, 0.2) is 48.5 Å². The molecule has 8 atom stereocenters. The zero-order chi connectivity index (χ0) is 49.1. The van der Waals surface area contributed by atoms with Crippen LogP contribution < -0.4 is 31.9 Å². The fourth-order valence-corrected chi connectivity index (χ4v) is 11.0. The summed E-state index contributed by atoms with van der Waals surface area (Å²) in [6.45, 7) is 4.84. The first-order valence-electron chi connectivity index (χ1n) is 25.1. The summed E-state index contributed by atoms with van der Waals surface area (Å²) in [5, 5.41) is 36.4. The third kappa shape index (κ3) is 11.2. The number of amides is 6. The van der Waals surface area contributed by atoms with Crippen LogP contribution in [0.3, 0.4) is 0 Å². The molecule has 4 aromatic rings. The van der Waals surface area contributed by atoms with E-state index in [0.717, 1.165) is 49.7 Å². The Hall–Kier alpha value is -5.96. The smallest absolute Gasteiger partial charge is 0.246 e. The molecule has 6 N–H and O–H groups in total. The Kier molecular flexibility index (Phi) is 17.7. The largest absolute Gasteiger partial charge is 0.347 e. The molecule has 2 fully saturated rings. The van der Waals surface area contributed by atoms with Crippen molar-refractivity contribution in [3.05, 3.63) is 82.2 Å². The van der Waals surface area contributed by atoms with Gasteiger partial charge in [-0.3, -0.25) is 28.8 Å². The maximum atomic E-state index is 14.8. The number of rotatable bonds is 16. The molecule has 388 valence electrons. The van der Waals surface area contributed by atoms with E-state index < -0.39 is 59.9 Å². The molecule has 0 saturated carbocycles. The normalized spacial score (nSPS) is 21.4. The number of carbonyl (C=O) groups excluding carboxylic acids is 6. The van der Waals surface area contributed by atoms with Gasteiger partial charge in [0, 0.05) is 25.9 Å². The Bertz CT molecular complexity index is 2450. The Morgan fingerprint density at radius 3 is 1.38 bits per heavy atom. The van der Waals surface area contributed by atoms with Crippen LogP contribution in [0.4, 0.5) is 0 Å². The number of hydrogen-bond donors (Lipinski definition) is 6. The van der Waals surface area contributed by atoms with Crippen molar-refractivity contribution in [3.63, 3.8) is 0 Å². The zero-order valence-corrected chi connectivity index (χ0v) is 43.0. The molecule has 72 heavy (non-hydrogen) atoms. The summed E-state index contributed by atoms with van der Waals surface area (Å²) in [6.07, 6.45) is 7.47. The van der Waals surface area contributed by atoms with E-state index in [1.165, 1.54) is 11.1 Å². The molecule has 2 aromatic carbocycles. The lowest BCUT2D eigenvalue weighted by Crippen LogP contribution is -2.56. The number of likely N-dealkylation sites (tertiary alicyclic amines) is 2. The van der Waals surface area contributed by atoms with Crippen molar-refractivity contribution in [1.82, 2.24) is 71.7 Å². The van der Waals surface area contributed by atoms with Crippen LogP contribution >= 0.6 is 24.8 Å². The number of carbonyl (C=O) groups is 6. The van der Waals surface area contributed by atoms with Crippen LogP contribution in [0, 0.1) is 0 Å². The highest BCUT2D eigenvalue weighted by Gasteiger charge is 2.43. The second-order valence-corrected chi connectivity index (χ2v) is 19.5. The van der Waals surface area contributed by atoms with Gasteiger partial charge in [0.1, 0.15) is 35.6 Å². The molecule has 20 nitrogen and oxygen atoms in total. The molecule has 0 bridgehead atoms. The minimum atomic E-state index is -1.12. The minimum Gasteiger partial charge on any atom is -0.347 e. The Balaban J connectivity index is 0.00000380. The first-order chi connectivity index (χ1) is 33.9. The molecule has 3 aliphatic heterocycles. The third-order valence-corrected chi connectivity index (χ3v) is 15.1. The van der Waals surface area contributed by atoms with E-state index in [1.54, 1.807) is 47.1 Å². The van der Waals surface area contributed by atoms with Crippen molar-refractivity contribution >= 4 is 60.3 Å². The molecular formula is C50H68Cl2N14O6. The average molecular weight is 1030 g/mol. The predicted molar refractivity (Wildman–Crippen MR) is 272 cm³/mol. The fourth-order valence-electron chi connectivity index (χ4n) is 11.0. The highest BCUT2D eigenvalue weighted by Crippen LogP contribution is 2.34. The summed E-state index contributed by atoms with van der Waals surface area (Å²) in [6, 6.07) is 11.0. The van der Waals surface area contributed by atoms with E-state index in [0.29, 0.717) is 74.6 Å². The Labute approximate surface area is 432 Å². The molecule has 0 radical (unpaired) electrons. The van der Waals surface area contributed by atoms with E-state index >= 15 is 0 Å². The second kappa shape index (κ2) is 23.7. The first-order valence-corrected chi connectivity index (χ1v) is 25.1. The highest BCUT2D eigenvalue weighted by atomic mass is 35.5. The fraction of sp³-hybridized carbons (Fsp3) is 0.560. The molecule has 5 aliphatic rings.